The van der Waals surface area contributed by atoms with Crippen molar-refractivity contribution in [2.75, 3.05) is 70.9 Å². The molecular weight excluding hydrogens is 517 g/mol. The number of aromatic nitrogens is 1. The fourth-order valence-corrected chi connectivity index (χ4v) is 4.26. The lowest BCUT2D eigenvalue weighted by atomic mass is 10.2. The Morgan fingerprint density at radius 1 is 1.00 bits per heavy atom. The number of carbonyl (C=O) groups excluding carboxylic acids is 1. The van der Waals surface area contributed by atoms with Gasteiger partial charge in [-0.2, -0.15) is 0 Å². The molecule has 0 bridgehead atoms. The van der Waals surface area contributed by atoms with E-state index in [1.807, 2.05) is 29.3 Å². The number of likely N-dealkylation sites (tertiary alicyclic amines) is 1. The predicted octanol–water partition coefficient (Wildman–Crippen LogP) is 2.17. The molecule has 2 aliphatic rings. The first-order valence-electron chi connectivity index (χ1n) is 11.9. The molecule has 3 heterocycles. The summed E-state index contributed by atoms with van der Waals surface area (Å²) in [5.41, 5.74) is 0. The highest BCUT2D eigenvalue weighted by Gasteiger charge is 2.21. The minimum absolute atomic E-state index is 0. The van der Waals surface area contributed by atoms with Gasteiger partial charge in [0.2, 0.25) is 5.91 Å². The first-order valence-corrected chi connectivity index (χ1v) is 11.9. The Balaban J connectivity index is 0.00000363. The average Bonchev–Trinajstić information content (AvgIpc) is 3.10. The Kier molecular flexibility index (Phi) is 12.7. The van der Waals surface area contributed by atoms with Gasteiger partial charge in [-0.15, -0.1) is 24.0 Å². The Morgan fingerprint density at radius 3 is 2.38 bits per heavy atom. The maximum Gasteiger partial charge on any atom is 0.224 e. The Morgan fingerprint density at radius 2 is 1.72 bits per heavy atom. The number of amides is 1. The van der Waals surface area contributed by atoms with Gasteiger partial charge in [0.05, 0.1) is 0 Å². The summed E-state index contributed by atoms with van der Waals surface area (Å²) < 4.78 is 0. The maximum absolute atomic E-state index is 12.6. The van der Waals surface area contributed by atoms with Gasteiger partial charge >= 0.3 is 0 Å². The van der Waals surface area contributed by atoms with Crippen LogP contribution in [0.15, 0.2) is 29.4 Å². The van der Waals surface area contributed by atoms with Crippen molar-refractivity contribution in [2.24, 2.45) is 4.99 Å². The largest absolute Gasteiger partial charge is 0.356 e. The fourth-order valence-electron chi connectivity index (χ4n) is 4.26. The highest BCUT2D eigenvalue weighted by Crippen LogP contribution is 2.13. The maximum atomic E-state index is 12.6. The van der Waals surface area contributed by atoms with E-state index in [4.69, 9.17) is 0 Å². The van der Waals surface area contributed by atoms with E-state index in [2.05, 4.69) is 30.4 Å². The number of hydrogen-bond donors (Lipinski definition) is 2. The van der Waals surface area contributed by atoms with E-state index in [9.17, 15) is 4.79 Å². The molecule has 2 fully saturated rings. The number of piperazine rings is 1. The molecule has 3 rings (SSSR count). The molecule has 2 saturated heterocycles. The van der Waals surface area contributed by atoms with Gasteiger partial charge in [-0.3, -0.25) is 9.79 Å². The van der Waals surface area contributed by atoms with Crippen LogP contribution in [0, 0.1) is 0 Å². The van der Waals surface area contributed by atoms with Crippen LogP contribution in [0.5, 0.6) is 0 Å². The van der Waals surface area contributed by atoms with Crippen molar-refractivity contribution in [3.63, 3.8) is 0 Å². The van der Waals surface area contributed by atoms with E-state index in [-0.39, 0.29) is 29.9 Å². The van der Waals surface area contributed by atoms with Gasteiger partial charge in [0, 0.05) is 58.9 Å². The summed E-state index contributed by atoms with van der Waals surface area (Å²) >= 11 is 0. The Labute approximate surface area is 210 Å². The molecule has 1 amide bonds. The van der Waals surface area contributed by atoms with Crippen LogP contribution in [0.3, 0.4) is 0 Å². The van der Waals surface area contributed by atoms with Crippen LogP contribution in [0.1, 0.15) is 38.5 Å². The lowest BCUT2D eigenvalue weighted by Gasteiger charge is -2.35. The third-order valence-electron chi connectivity index (χ3n) is 6.10. The van der Waals surface area contributed by atoms with Crippen molar-refractivity contribution in [2.45, 2.75) is 38.5 Å². The van der Waals surface area contributed by atoms with E-state index in [0.29, 0.717) is 13.0 Å². The number of nitrogens with one attached hydrogen (secondary N) is 2. The second-order valence-electron chi connectivity index (χ2n) is 8.34. The molecule has 0 saturated carbocycles. The third-order valence-corrected chi connectivity index (χ3v) is 6.10. The SMILES string of the molecule is CN=C(NCCCN1CCCCCC1)NCCC(=O)N1CCN(c2ccccn2)CC1.I. The Hall–Kier alpha value is -1.62. The van der Waals surface area contributed by atoms with Gasteiger partial charge in [-0.1, -0.05) is 18.9 Å². The zero-order valence-electron chi connectivity index (χ0n) is 19.5. The standard InChI is InChI=1S/C23H39N7O.HI/c1-24-23(26-12-8-16-28-14-6-2-3-7-15-28)27-13-10-22(31)30-19-17-29(18-20-30)21-9-4-5-11-25-21;/h4-5,9,11H,2-3,6-8,10,12-20H2,1H3,(H2,24,26,27);1H. The number of guanidine groups is 1. The van der Waals surface area contributed by atoms with Crippen molar-refractivity contribution in [1.29, 1.82) is 0 Å². The molecule has 2 N–H and O–H groups in total. The number of hydrogen-bond acceptors (Lipinski definition) is 5. The smallest absolute Gasteiger partial charge is 0.224 e. The summed E-state index contributed by atoms with van der Waals surface area (Å²) in [6, 6.07) is 5.95. The quantitative estimate of drug-likeness (QED) is 0.221. The molecular formula is C23H40IN7O. The molecule has 0 radical (unpaired) electrons. The third kappa shape index (κ3) is 9.09. The van der Waals surface area contributed by atoms with Gasteiger partial charge in [0.25, 0.3) is 0 Å². The summed E-state index contributed by atoms with van der Waals surface area (Å²) in [5.74, 6) is 1.97. The first kappa shape index (κ1) is 26.6. The summed E-state index contributed by atoms with van der Waals surface area (Å²) in [7, 11) is 1.78. The van der Waals surface area contributed by atoms with Gasteiger partial charge < -0.3 is 25.3 Å². The molecule has 1 aromatic rings. The highest BCUT2D eigenvalue weighted by molar-refractivity contribution is 14.0. The zero-order valence-corrected chi connectivity index (χ0v) is 21.8. The monoisotopic (exact) mass is 557 g/mol. The van der Waals surface area contributed by atoms with E-state index in [0.717, 1.165) is 57.5 Å². The van der Waals surface area contributed by atoms with Gasteiger partial charge in [-0.05, 0) is 51.0 Å². The summed E-state index contributed by atoms with van der Waals surface area (Å²) in [6.07, 6.45) is 8.84. The molecule has 0 aromatic carbocycles. The molecule has 9 heteroatoms. The minimum Gasteiger partial charge on any atom is -0.356 e. The number of anilines is 1. The molecule has 2 aliphatic heterocycles. The molecule has 0 aliphatic carbocycles. The van der Waals surface area contributed by atoms with Crippen molar-refractivity contribution < 1.29 is 4.79 Å². The first-order chi connectivity index (χ1) is 15.3. The molecule has 0 spiro atoms. The van der Waals surface area contributed by atoms with E-state index >= 15 is 0 Å². The van der Waals surface area contributed by atoms with Crippen LogP contribution < -0.4 is 15.5 Å². The van der Waals surface area contributed by atoms with Crippen molar-refractivity contribution in [3.05, 3.63) is 24.4 Å². The van der Waals surface area contributed by atoms with Crippen LogP contribution >= 0.6 is 24.0 Å². The molecule has 1 aromatic heterocycles. The van der Waals surface area contributed by atoms with E-state index < -0.39 is 0 Å². The van der Waals surface area contributed by atoms with Gasteiger partial charge in [0.1, 0.15) is 5.82 Å². The number of aliphatic imine (C=N–C) groups is 1. The Bertz CT molecular complexity index is 672. The van der Waals surface area contributed by atoms with Crippen LogP contribution in [-0.2, 0) is 4.79 Å². The van der Waals surface area contributed by atoms with Crippen molar-refractivity contribution >= 4 is 41.7 Å². The topological polar surface area (TPSA) is 76.1 Å². The highest BCUT2D eigenvalue weighted by atomic mass is 127. The predicted molar refractivity (Wildman–Crippen MR) is 142 cm³/mol. The molecule has 32 heavy (non-hydrogen) atoms. The van der Waals surface area contributed by atoms with Gasteiger partial charge in [-0.25, -0.2) is 4.98 Å². The van der Waals surface area contributed by atoms with Crippen LogP contribution in [-0.4, -0.2) is 92.6 Å². The second kappa shape index (κ2) is 15.3. The summed E-state index contributed by atoms with van der Waals surface area (Å²) in [5, 5.41) is 6.66. The molecule has 180 valence electrons. The normalized spacial score (nSPS) is 18.0. The minimum atomic E-state index is 0. The van der Waals surface area contributed by atoms with Crippen LogP contribution in [0.2, 0.25) is 0 Å². The van der Waals surface area contributed by atoms with E-state index in [1.54, 1.807) is 7.05 Å². The molecule has 0 atom stereocenters. The average molecular weight is 558 g/mol. The zero-order chi connectivity index (χ0) is 21.7. The van der Waals surface area contributed by atoms with Crippen molar-refractivity contribution in [3.8, 4) is 0 Å². The summed E-state index contributed by atoms with van der Waals surface area (Å²) in [4.78, 5) is 28.0. The number of halogens is 1. The van der Waals surface area contributed by atoms with E-state index in [1.165, 1.54) is 38.8 Å². The lowest BCUT2D eigenvalue weighted by molar-refractivity contribution is -0.131. The number of pyridine rings is 1. The molecule has 0 unspecified atom stereocenters. The number of nitrogens with zero attached hydrogens (tertiary/aromatic N) is 5. The molecule has 8 nitrogen and oxygen atoms in total. The number of rotatable bonds is 8. The summed E-state index contributed by atoms with van der Waals surface area (Å²) in [6.45, 7) is 8.29. The van der Waals surface area contributed by atoms with Crippen LogP contribution in [0.25, 0.3) is 0 Å². The van der Waals surface area contributed by atoms with Crippen LogP contribution in [0.4, 0.5) is 5.82 Å². The number of carbonyl (C=O) groups is 1. The second-order valence-corrected chi connectivity index (χ2v) is 8.34. The van der Waals surface area contributed by atoms with Crippen molar-refractivity contribution in [1.82, 2.24) is 25.4 Å². The fraction of sp³-hybridized carbons (Fsp3) is 0.696. The van der Waals surface area contributed by atoms with Gasteiger partial charge in [0.15, 0.2) is 5.96 Å². The lowest BCUT2D eigenvalue weighted by Crippen LogP contribution is -2.49.